The molecule has 1 aliphatic rings. The van der Waals surface area contributed by atoms with Crippen LogP contribution >= 0.6 is 24.8 Å². The molecule has 1 aliphatic heterocycles. The Morgan fingerprint density at radius 1 is 0.922 bits per heavy atom. The largest absolute Gasteiger partial charge is 0.374 e. The number of Topliss-reactive ketones (excluding diaryl/α,β-unsaturated/α-hetero) is 1. The Labute approximate surface area is 311 Å². The van der Waals surface area contributed by atoms with Crippen LogP contribution in [0.3, 0.4) is 0 Å². The number of rotatable bonds is 13. The van der Waals surface area contributed by atoms with Gasteiger partial charge >= 0.3 is 0 Å². The van der Waals surface area contributed by atoms with Crippen LogP contribution in [0.5, 0.6) is 0 Å². The second-order valence-corrected chi connectivity index (χ2v) is 13.1. The highest BCUT2D eigenvalue weighted by Gasteiger charge is 2.33. The number of hydrogen-bond acceptors (Lipinski definition) is 7. The predicted molar refractivity (Wildman–Crippen MR) is 201 cm³/mol. The summed E-state index contributed by atoms with van der Waals surface area (Å²) in [5, 5.41) is 5.44. The van der Waals surface area contributed by atoms with Crippen molar-refractivity contribution < 1.29 is 23.9 Å². The SMILES string of the molecule is Cc1ccc(C(=O)C2CCN(C(=O)C(c3ccccc3)n3cnc(NC(=O)[C@@H](COCc4ccccc4)NC(=O)C(C)(C)N)c3)CC2)cc1.Cl.Cl. The molecule has 2 heterocycles. The number of aromatic nitrogens is 2. The number of carbonyl (C=O) groups is 4. The maximum Gasteiger partial charge on any atom is 0.250 e. The van der Waals surface area contributed by atoms with Crippen molar-refractivity contribution in [2.75, 3.05) is 25.0 Å². The van der Waals surface area contributed by atoms with Crippen molar-refractivity contribution in [1.82, 2.24) is 19.8 Å². The lowest BCUT2D eigenvalue weighted by Crippen LogP contribution is -2.56. The van der Waals surface area contributed by atoms with Crippen LogP contribution in [0.15, 0.2) is 97.5 Å². The lowest BCUT2D eigenvalue weighted by Gasteiger charge is -2.34. The summed E-state index contributed by atoms with van der Waals surface area (Å²) in [6, 6.07) is 24.6. The molecule has 0 radical (unpaired) electrons. The third-order valence-electron chi connectivity index (χ3n) is 8.62. The first kappa shape index (κ1) is 40.9. The van der Waals surface area contributed by atoms with Crippen LogP contribution in [0, 0.1) is 12.8 Å². The van der Waals surface area contributed by atoms with Gasteiger partial charge in [-0.05, 0) is 44.7 Å². The standard InChI is InChI=1S/C38H44N6O5.2ClH/c1-26-14-16-29(17-15-26)34(45)30-18-20-43(21-19-30)36(47)33(28-12-8-5-9-13-28)44-22-32(40-25-44)42-35(46)31(41-37(48)38(2,3)39)24-49-23-27-10-6-4-7-11-27;;/h4-17,22,25,30-31,33H,18-21,23-24,39H2,1-3H3,(H,41,48)(H,42,46);2*1H/t31-,33?;;/m1../s1. The van der Waals surface area contributed by atoms with Crippen LogP contribution < -0.4 is 16.4 Å². The average Bonchev–Trinajstić information content (AvgIpc) is 3.56. The number of nitrogens with one attached hydrogen (secondary N) is 2. The Morgan fingerprint density at radius 3 is 2.14 bits per heavy atom. The fraction of sp³-hybridized carbons (Fsp3) is 0.342. The van der Waals surface area contributed by atoms with Crippen molar-refractivity contribution in [3.8, 4) is 0 Å². The number of anilines is 1. The monoisotopic (exact) mass is 736 g/mol. The molecule has 1 fully saturated rings. The molecule has 5 rings (SSSR count). The Kier molecular flexibility index (Phi) is 14.9. The van der Waals surface area contributed by atoms with Gasteiger partial charge in [0, 0.05) is 30.8 Å². The molecule has 0 saturated carbocycles. The molecular weight excluding hydrogens is 691 g/mol. The second-order valence-electron chi connectivity index (χ2n) is 13.1. The first-order valence-electron chi connectivity index (χ1n) is 16.5. The third-order valence-corrected chi connectivity index (χ3v) is 8.62. The Balaban J connectivity index is 0.00000351. The van der Waals surface area contributed by atoms with Gasteiger partial charge in [0.1, 0.15) is 12.1 Å². The van der Waals surface area contributed by atoms with E-state index in [2.05, 4.69) is 15.6 Å². The van der Waals surface area contributed by atoms with Crippen LogP contribution in [0.2, 0.25) is 0 Å². The molecule has 1 saturated heterocycles. The number of ketones is 1. The first-order chi connectivity index (χ1) is 23.5. The number of ether oxygens (including phenoxy) is 1. The first-order valence-corrected chi connectivity index (χ1v) is 16.5. The maximum absolute atomic E-state index is 14.1. The Morgan fingerprint density at radius 2 is 1.53 bits per heavy atom. The third kappa shape index (κ3) is 11.0. The number of halogens is 2. The fourth-order valence-electron chi connectivity index (χ4n) is 5.72. The van der Waals surface area contributed by atoms with Crippen molar-refractivity contribution in [2.24, 2.45) is 11.7 Å². The number of nitrogens with two attached hydrogens (primary N) is 1. The number of hydrogen-bond donors (Lipinski definition) is 3. The van der Waals surface area contributed by atoms with E-state index in [0.29, 0.717) is 31.5 Å². The summed E-state index contributed by atoms with van der Waals surface area (Å²) in [5.74, 6) is -1.02. The van der Waals surface area contributed by atoms with E-state index in [0.717, 1.165) is 16.7 Å². The summed E-state index contributed by atoms with van der Waals surface area (Å²) in [7, 11) is 0. The quantitative estimate of drug-likeness (QED) is 0.161. The van der Waals surface area contributed by atoms with Gasteiger partial charge in [-0.1, -0.05) is 90.5 Å². The molecule has 4 N–H and O–H groups in total. The number of nitrogens with zero attached hydrogens (tertiary/aromatic N) is 3. The zero-order valence-electron chi connectivity index (χ0n) is 29.0. The van der Waals surface area contributed by atoms with Crippen LogP contribution in [0.1, 0.15) is 59.8 Å². The van der Waals surface area contributed by atoms with Crippen molar-refractivity contribution in [3.63, 3.8) is 0 Å². The van der Waals surface area contributed by atoms with E-state index in [1.54, 1.807) is 29.5 Å². The maximum atomic E-state index is 14.1. The fourth-order valence-corrected chi connectivity index (χ4v) is 5.72. The summed E-state index contributed by atoms with van der Waals surface area (Å²) < 4.78 is 7.46. The number of amides is 3. The van der Waals surface area contributed by atoms with Crippen LogP contribution in [-0.2, 0) is 25.7 Å². The Hall–Kier alpha value is -4.55. The molecule has 11 nitrogen and oxygen atoms in total. The summed E-state index contributed by atoms with van der Waals surface area (Å²) in [6.07, 6.45) is 4.24. The molecular formula is C38H46Cl2N6O5. The van der Waals surface area contributed by atoms with Crippen molar-refractivity contribution in [2.45, 2.75) is 57.8 Å². The number of carbonyl (C=O) groups excluding carboxylic acids is 4. The van der Waals surface area contributed by atoms with Crippen molar-refractivity contribution >= 4 is 54.1 Å². The van der Waals surface area contributed by atoms with E-state index >= 15 is 0 Å². The van der Waals surface area contributed by atoms with Gasteiger partial charge < -0.3 is 30.6 Å². The van der Waals surface area contributed by atoms with E-state index < -0.39 is 29.4 Å². The van der Waals surface area contributed by atoms with Gasteiger partial charge in [0.15, 0.2) is 11.6 Å². The number of imidazole rings is 1. The Bertz CT molecular complexity index is 1740. The molecule has 13 heteroatoms. The molecule has 0 aliphatic carbocycles. The highest BCUT2D eigenvalue weighted by atomic mass is 35.5. The minimum Gasteiger partial charge on any atom is -0.374 e. The number of benzene rings is 3. The van der Waals surface area contributed by atoms with E-state index in [1.165, 1.54) is 6.33 Å². The number of piperidine rings is 1. The molecule has 3 aromatic carbocycles. The minimum atomic E-state index is -1.22. The number of aryl methyl sites for hydroxylation is 1. The average molecular weight is 738 g/mol. The van der Waals surface area contributed by atoms with E-state index in [1.807, 2.05) is 91.9 Å². The van der Waals surface area contributed by atoms with Crippen molar-refractivity contribution in [1.29, 1.82) is 0 Å². The second kappa shape index (κ2) is 18.6. The molecule has 2 atom stereocenters. The van der Waals surface area contributed by atoms with Gasteiger partial charge in [0.25, 0.3) is 5.91 Å². The molecule has 1 aromatic heterocycles. The number of likely N-dealkylation sites (tertiary alicyclic amines) is 1. The zero-order chi connectivity index (χ0) is 35.0. The van der Waals surface area contributed by atoms with Crippen LogP contribution in [0.25, 0.3) is 0 Å². The van der Waals surface area contributed by atoms with Crippen LogP contribution in [-0.4, -0.2) is 69.2 Å². The van der Waals surface area contributed by atoms with Gasteiger partial charge in [-0.25, -0.2) is 4.98 Å². The van der Waals surface area contributed by atoms with Gasteiger partial charge in [-0.2, -0.15) is 0 Å². The van der Waals surface area contributed by atoms with Gasteiger partial charge in [0.05, 0.1) is 25.1 Å². The smallest absolute Gasteiger partial charge is 0.250 e. The van der Waals surface area contributed by atoms with E-state index in [9.17, 15) is 19.2 Å². The summed E-state index contributed by atoms with van der Waals surface area (Å²) in [5.41, 5.74) is 8.24. The predicted octanol–water partition coefficient (Wildman–Crippen LogP) is 5.12. The summed E-state index contributed by atoms with van der Waals surface area (Å²) in [4.78, 5) is 59.6. The summed E-state index contributed by atoms with van der Waals surface area (Å²) in [6.45, 7) is 6.14. The lowest BCUT2D eigenvalue weighted by atomic mass is 9.88. The molecule has 1 unspecified atom stereocenters. The summed E-state index contributed by atoms with van der Waals surface area (Å²) >= 11 is 0. The topological polar surface area (TPSA) is 149 Å². The molecule has 272 valence electrons. The normalized spacial score (nSPS) is 14.3. The van der Waals surface area contributed by atoms with Crippen molar-refractivity contribution in [3.05, 3.63) is 120 Å². The molecule has 3 amide bonds. The van der Waals surface area contributed by atoms with E-state index in [4.69, 9.17) is 10.5 Å². The minimum absolute atomic E-state index is 0. The van der Waals surface area contributed by atoms with Gasteiger partial charge in [0.2, 0.25) is 11.8 Å². The lowest BCUT2D eigenvalue weighted by molar-refractivity contribution is -0.134. The van der Waals surface area contributed by atoms with Crippen LogP contribution in [0.4, 0.5) is 5.82 Å². The van der Waals surface area contributed by atoms with Gasteiger partial charge in [-0.3, -0.25) is 19.2 Å². The van der Waals surface area contributed by atoms with Gasteiger partial charge in [-0.15, -0.1) is 24.8 Å². The highest BCUT2D eigenvalue weighted by Crippen LogP contribution is 2.27. The molecule has 51 heavy (non-hydrogen) atoms. The highest BCUT2D eigenvalue weighted by molar-refractivity contribution is 5.99. The zero-order valence-corrected chi connectivity index (χ0v) is 30.6. The molecule has 4 aromatic rings. The molecule has 0 spiro atoms. The van der Waals surface area contributed by atoms with E-state index in [-0.39, 0.29) is 61.5 Å². The molecule has 0 bridgehead atoms.